The van der Waals surface area contributed by atoms with Crippen molar-refractivity contribution in [2.75, 3.05) is 16.8 Å². The molecule has 1 aromatic heterocycles. The van der Waals surface area contributed by atoms with E-state index in [9.17, 15) is 4.79 Å². The molecule has 0 aliphatic heterocycles. The normalized spacial score (nSPS) is 9.15. The Kier molecular flexibility index (Phi) is 3.85. The van der Waals surface area contributed by atoms with Crippen molar-refractivity contribution >= 4 is 23.6 Å². The first-order valence-corrected chi connectivity index (χ1v) is 4.72. The lowest BCUT2D eigenvalue weighted by Crippen LogP contribution is -2.15. The maximum atomic E-state index is 11.1. The number of amides is 1. The predicted octanol–water partition coefficient (Wildman–Crippen LogP) is 0.605. The quantitative estimate of drug-likeness (QED) is 0.691. The Labute approximate surface area is 79.5 Å². The van der Waals surface area contributed by atoms with Crippen molar-refractivity contribution in [3.05, 3.63) is 12.4 Å². The highest BCUT2D eigenvalue weighted by Gasteiger charge is 2.02. The highest BCUT2D eigenvalue weighted by molar-refractivity contribution is 8.00. The number of imidazole rings is 1. The molecule has 1 aromatic rings. The highest BCUT2D eigenvalue weighted by Crippen LogP contribution is 2.00. The number of nitrogens with one attached hydrogen (secondary N) is 2. The van der Waals surface area contributed by atoms with Gasteiger partial charge in [0.2, 0.25) is 11.9 Å². The van der Waals surface area contributed by atoms with E-state index in [0.717, 1.165) is 0 Å². The Morgan fingerprint density at radius 3 is 3.31 bits per heavy atom. The Morgan fingerprint density at radius 2 is 2.69 bits per heavy atom. The van der Waals surface area contributed by atoms with Gasteiger partial charge in [-0.15, -0.1) is 11.8 Å². The molecular weight excluding hydrogens is 188 g/mol. The average molecular weight is 196 g/mol. The summed E-state index contributed by atoms with van der Waals surface area (Å²) >= 11 is 1.27. The molecule has 0 bridgehead atoms. The third kappa shape index (κ3) is 3.62. The molecular formula is C7H8N4OS. The lowest BCUT2D eigenvalue weighted by atomic mass is 10.7. The molecule has 0 fully saturated rings. The first-order chi connectivity index (χ1) is 6.33. The van der Waals surface area contributed by atoms with Crippen LogP contribution in [0.5, 0.6) is 0 Å². The lowest BCUT2D eigenvalue weighted by molar-refractivity contribution is -0.113. The van der Waals surface area contributed by atoms with Crippen molar-refractivity contribution in [2.24, 2.45) is 0 Å². The summed E-state index contributed by atoms with van der Waals surface area (Å²) < 4.78 is 0. The van der Waals surface area contributed by atoms with Crippen LogP contribution in [-0.4, -0.2) is 27.4 Å². The average Bonchev–Trinajstić information content (AvgIpc) is 2.57. The molecule has 0 saturated heterocycles. The number of hydrogen-bond acceptors (Lipinski definition) is 4. The van der Waals surface area contributed by atoms with Crippen LogP contribution in [0.15, 0.2) is 12.4 Å². The molecule has 1 rings (SSSR count). The number of aromatic amines is 1. The number of H-pyrrole nitrogens is 1. The van der Waals surface area contributed by atoms with Crippen molar-refractivity contribution < 1.29 is 4.79 Å². The monoisotopic (exact) mass is 196 g/mol. The number of carbonyl (C=O) groups is 1. The van der Waals surface area contributed by atoms with E-state index in [2.05, 4.69) is 15.3 Å². The van der Waals surface area contributed by atoms with E-state index in [1.165, 1.54) is 11.8 Å². The zero-order chi connectivity index (χ0) is 9.52. The van der Waals surface area contributed by atoms with E-state index in [1.54, 1.807) is 12.4 Å². The van der Waals surface area contributed by atoms with Gasteiger partial charge >= 0.3 is 0 Å². The molecule has 0 aromatic carbocycles. The molecule has 5 nitrogen and oxygen atoms in total. The Morgan fingerprint density at radius 1 is 1.85 bits per heavy atom. The zero-order valence-electron chi connectivity index (χ0n) is 6.78. The minimum absolute atomic E-state index is 0.157. The third-order valence-corrected chi connectivity index (χ3v) is 1.96. The fourth-order valence-electron chi connectivity index (χ4n) is 0.691. The molecule has 0 atom stereocenters. The molecule has 0 aliphatic rings. The van der Waals surface area contributed by atoms with Gasteiger partial charge in [0.15, 0.2) is 0 Å². The van der Waals surface area contributed by atoms with Gasteiger partial charge in [0.05, 0.1) is 17.6 Å². The second-order valence-electron chi connectivity index (χ2n) is 2.14. The Hall–Kier alpha value is -1.48. The van der Waals surface area contributed by atoms with Gasteiger partial charge in [-0.05, 0) is 0 Å². The minimum atomic E-state index is -0.157. The van der Waals surface area contributed by atoms with E-state index in [0.29, 0.717) is 11.7 Å². The van der Waals surface area contributed by atoms with E-state index in [-0.39, 0.29) is 11.7 Å². The fourth-order valence-corrected chi connectivity index (χ4v) is 1.14. The summed E-state index contributed by atoms with van der Waals surface area (Å²) in [5.74, 6) is 0.873. The molecule has 0 unspecified atom stereocenters. The molecule has 0 spiro atoms. The van der Waals surface area contributed by atoms with E-state index in [1.807, 2.05) is 6.07 Å². The number of carbonyl (C=O) groups excluding carboxylic acids is 1. The minimum Gasteiger partial charge on any atom is -0.331 e. The Bertz CT molecular complexity index is 303. The van der Waals surface area contributed by atoms with E-state index >= 15 is 0 Å². The van der Waals surface area contributed by atoms with Gasteiger partial charge in [0, 0.05) is 12.4 Å². The molecule has 1 heterocycles. The van der Waals surface area contributed by atoms with Gasteiger partial charge < -0.3 is 4.98 Å². The van der Waals surface area contributed by atoms with Crippen LogP contribution in [0.3, 0.4) is 0 Å². The summed E-state index contributed by atoms with van der Waals surface area (Å²) in [4.78, 5) is 17.6. The van der Waals surface area contributed by atoms with Crippen LogP contribution in [0, 0.1) is 11.3 Å². The van der Waals surface area contributed by atoms with Crippen molar-refractivity contribution in [2.45, 2.75) is 0 Å². The van der Waals surface area contributed by atoms with Crippen LogP contribution in [0.25, 0.3) is 0 Å². The molecule has 0 radical (unpaired) electrons. The maximum Gasteiger partial charge on any atom is 0.236 e. The van der Waals surface area contributed by atoms with Crippen molar-refractivity contribution in [1.82, 2.24) is 9.97 Å². The van der Waals surface area contributed by atoms with Crippen LogP contribution >= 0.6 is 11.8 Å². The van der Waals surface area contributed by atoms with E-state index in [4.69, 9.17) is 5.26 Å². The van der Waals surface area contributed by atoms with Gasteiger partial charge in [0.25, 0.3) is 0 Å². The summed E-state index contributed by atoms with van der Waals surface area (Å²) in [6.45, 7) is 0. The highest BCUT2D eigenvalue weighted by atomic mass is 32.2. The number of anilines is 1. The largest absolute Gasteiger partial charge is 0.331 e. The van der Waals surface area contributed by atoms with Crippen molar-refractivity contribution in [1.29, 1.82) is 5.26 Å². The molecule has 1 amide bonds. The fraction of sp³-hybridized carbons (Fsp3) is 0.286. The second-order valence-corrected chi connectivity index (χ2v) is 3.12. The van der Waals surface area contributed by atoms with Crippen LogP contribution in [0.2, 0.25) is 0 Å². The number of nitrogens with zero attached hydrogens (tertiary/aromatic N) is 2. The standard InChI is InChI=1S/C7H8N4OS/c8-1-4-13-5-6(12)11-7-9-2-3-10-7/h2-3H,4-5H2,(H2,9,10,11,12). The van der Waals surface area contributed by atoms with Crippen LogP contribution in [-0.2, 0) is 4.79 Å². The summed E-state index contributed by atoms with van der Waals surface area (Å²) in [7, 11) is 0. The summed E-state index contributed by atoms with van der Waals surface area (Å²) in [6.07, 6.45) is 3.18. The number of hydrogen-bond donors (Lipinski definition) is 2. The number of aromatic nitrogens is 2. The number of nitriles is 1. The second kappa shape index (κ2) is 5.22. The number of thioether (sulfide) groups is 1. The summed E-state index contributed by atoms with van der Waals surface area (Å²) in [5.41, 5.74) is 0. The molecule has 68 valence electrons. The van der Waals surface area contributed by atoms with Gasteiger partial charge in [0.1, 0.15) is 0 Å². The summed E-state index contributed by atoms with van der Waals surface area (Å²) in [5, 5.41) is 10.8. The molecule has 0 saturated carbocycles. The van der Waals surface area contributed by atoms with Crippen molar-refractivity contribution in [3.8, 4) is 6.07 Å². The summed E-state index contributed by atoms with van der Waals surface area (Å²) in [6, 6.07) is 1.94. The molecule has 6 heteroatoms. The van der Waals surface area contributed by atoms with Gasteiger partial charge in [-0.1, -0.05) is 0 Å². The Balaban J connectivity index is 2.23. The number of rotatable bonds is 4. The zero-order valence-corrected chi connectivity index (χ0v) is 7.60. The molecule has 2 N–H and O–H groups in total. The topological polar surface area (TPSA) is 81.6 Å². The van der Waals surface area contributed by atoms with Crippen LogP contribution in [0.1, 0.15) is 0 Å². The van der Waals surface area contributed by atoms with Gasteiger partial charge in [-0.25, -0.2) is 4.98 Å². The van der Waals surface area contributed by atoms with E-state index < -0.39 is 0 Å². The molecule has 0 aliphatic carbocycles. The van der Waals surface area contributed by atoms with Crippen LogP contribution in [0.4, 0.5) is 5.95 Å². The van der Waals surface area contributed by atoms with Gasteiger partial charge in [-0.2, -0.15) is 5.26 Å². The SMILES string of the molecule is N#CCSCC(=O)Nc1ncc[nH]1. The molecule has 13 heavy (non-hydrogen) atoms. The lowest BCUT2D eigenvalue weighted by Gasteiger charge is -1.98. The first-order valence-electron chi connectivity index (χ1n) is 3.57. The maximum absolute atomic E-state index is 11.1. The third-order valence-electron chi connectivity index (χ3n) is 1.16. The van der Waals surface area contributed by atoms with Crippen molar-refractivity contribution in [3.63, 3.8) is 0 Å². The van der Waals surface area contributed by atoms with Crippen LogP contribution < -0.4 is 5.32 Å². The smallest absolute Gasteiger partial charge is 0.236 e. The predicted molar refractivity (Wildman–Crippen MR) is 50.2 cm³/mol. The first kappa shape index (κ1) is 9.61. The van der Waals surface area contributed by atoms with Gasteiger partial charge in [-0.3, -0.25) is 10.1 Å².